The number of rotatable bonds is 2. The highest BCUT2D eigenvalue weighted by molar-refractivity contribution is 5.96. The van der Waals surface area contributed by atoms with Gasteiger partial charge in [-0.2, -0.15) is 0 Å². The van der Waals surface area contributed by atoms with Crippen molar-refractivity contribution < 1.29 is 9.21 Å². The van der Waals surface area contributed by atoms with Crippen molar-refractivity contribution in [2.24, 2.45) is 0 Å². The molecule has 0 radical (unpaired) electrons. The van der Waals surface area contributed by atoms with E-state index >= 15 is 0 Å². The van der Waals surface area contributed by atoms with Crippen LogP contribution in [0, 0.1) is 6.92 Å². The topological polar surface area (TPSA) is 53.8 Å². The molecule has 0 aliphatic carbocycles. The van der Waals surface area contributed by atoms with Gasteiger partial charge in [0, 0.05) is 39.2 Å². The maximum atomic E-state index is 12.4. The number of Topliss-reactive ketones (excluding diaryl/α,β-unsaturated/α-hetero) is 1. The van der Waals surface area contributed by atoms with Crippen LogP contribution in [0.25, 0.3) is 11.0 Å². The molecule has 1 aromatic carbocycles. The van der Waals surface area contributed by atoms with Crippen LogP contribution < -0.4 is 10.3 Å². The quantitative estimate of drug-likeness (QED) is 0.789. The van der Waals surface area contributed by atoms with Crippen LogP contribution in [0.15, 0.2) is 27.4 Å². The second kappa shape index (κ2) is 6.72. The van der Waals surface area contributed by atoms with Crippen LogP contribution >= 0.6 is 12.4 Å². The molecule has 23 heavy (non-hydrogen) atoms. The zero-order chi connectivity index (χ0) is 15.9. The number of carbonyl (C=O) groups is 1. The van der Waals surface area contributed by atoms with E-state index in [4.69, 9.17) is 4.42 Å². The van der Waals surface area contributed by atoms with Crippen LogP contribution in [-0.2, 0) is 0 Å². The van der Waals surface area contributed by atoms with E-state index in [0.29, 0.717) is 11.0 Å². The zero-order valence-electron chi connectivity index (χ0n) is 13.6. The number of fused-ring (bicyclic) bond motifs is 1. The van der Waals surface area contributed by atoms with Gasteiger partial charge >= 0.3 is 0 Å². The first kappa shape index (κ1) is 17.5. The average Bonchev–Trinajstić information content (AvgIpc) is 2.48. The molecular weight excluding hydrogens is 316 g/mol. The highest BCUT2D eigenvalue weighted by Crippen LogP contribution is 2.29. The molecule has 0 saturated carbocycles. The lowest BCUT2D eigenvalue weighted by Crippen LogP contribution is -2.44. The molecular formula is C17H21ClN2O3. The Hall–Kier alpha value is -1.85. The Bertz CT molecular complexity index is 792. The van der Waals surface area contributed by atoms with Gasteiger partial charge in [-0.05, 0) is 25.6 Å². The number of piperazine rings is 1. The summed E-state index contributed by atoms with van der Waals surface area (Å²) in [7, 11) is 2.10. The van der Waals surface area contributed by atoms with Crippen molar-refractivity contribution in [1.29, 1.82) is 0 Å². The minimum absolute atomic E-state index is 0. The number of ketones is 1. The molecule has 1 fully saturated rings. The number of nitrogens with zero attached hydrogens (tertiary/aromatic N) is 2. The smallest absolute Gasteiger partial charge is 0.195 e. The SMILES string of the molecule is CC(=O)c1cc(=O)c2c(C)ccc(N3CCN(C)CC3)c2o1.Cl. The molecule has 1 saturated heterocycles. The number of aryl methyl sites for hydroxylation is 1. The van der Waals surface area contributed by atoms with Crippen molar-refractivity contribution in [2.75, 3.05) is 38.1 Å². The minimum Gasteiger partial charge on any atom is -0.451 e. The van der Waals surface area contributed by atoms with Gasteiger partial charge in [-0.25, -0.2) is 0 Å². The normalized spacial score (nSPS) is 15.5. The molecule has 1 aromatic heterocycles. The number of hydrogen-bond acceptors (Lipinski definition) is 5. The lowest BCUT2D eigenvalue weighted by atomic mass is 10.1. The highest BCUT2D eigenvalue weighted by atomic mass is 35.5. The molecule has 2 aromatic rings. The third-order valence-corrected chi connectivity index (χ3v) is 4.26. The Kier molecular flexibility index (Phi) is 5.12. The van der Waals surface area contributed by atoms with Crippen LogP contribution in [0.5, 0.6) is 0 Å². The van der Waals surface area contributed by atoms with E-state index in [9.17, 15) is 9.59 Å². The summed E-state index contributed by atoms with van der Waals surface area (Å²) in [6, 6.07) is 5.22. The first-order valence-electron chi connectivity index (χ1n) is 7.49. The van der Waals surface area contributed by atoms with Gasteiger partial charge in [0.05, 0.1) is 11.1 Å². The van der Waals surface area contributed by atoms with E-state index in [2.05, 4.69) is 16.8 Å². The van der Waals surface area contributed by atoms with Gasteiger partial charge in [0.1, 0.15) is 0 Å². The van der Waals surface area contributed by atoms with Crippen molar-refractivity contribution in [3.63, 3.8) is 0 Å². The summed E-state index contributed by atoms with van der Waals surface area (Å²) in [5, 5.41) is 0.571. The number of hydrogen-bond donors (Lipinski definition) is 0. The molecule has 1 aliphatic rings. The van der Waals surface area contributed by atoms with Crippen molar-refractivity contribution in [2.45, 2.75) is 13.8 Å². The number of carbonyl (C=O) groups excluding carboxylic acids is 1. The monoisotopic (exact) mass is 336 g/mol. The molecule has 5 nitrogen and oxygen atoms in total. The highest BCUT2D eigenvalue weighted by Gasteiger charge is 2.20. The Morgan fingerprint density at radius 3 is 2.43 bits per heavy atom. The first-order chi connectivity index (χ1) is 10.5. The number of anilines is 1. The minimum atomic E-state index is -0.232. The van der Waals surface area contributed by atoms with Gasteiger partial charge in [0.2, 0.25) is 0 Å². The molecule has 0 bridgehead atoms. The Morgan fingerprint density at radius 2 is 1.83 bits per heavy atom. The number of benzene rings is 1. The van der Waals surface area contributed by atoms with Crippen LogP contribution in [0.2, 0.25) is 0 Å². The third kappa shape index (κ3) is 3.26. The fourth-order valence-electron chi connectivity index (χ4n) is 2.88. The summed E-state index contributed by atoms with van der Waals surface area (Å²) < 4.78 is 5.79. The van der Waals surface area contributed by atoms with Crippen LogP contribution in [-0.4, -0.2) is 43.9 Å². The van der Waals surface area contributed by atoms with Crippen molar-refractivity contribution in [3.8, 4) is 0 Å². The predicted octanol–water partition coefficient (Wildman–Crippen LogP) is 2.48. The average molecular weight is 337 g/mol. The zero-order valence-corrected chi connectivity index (χ0v) is 14.4. The molecule has 6 heteroatoms. The van der Waals surface area contributed by atoms with Crippen molar-refractivity contribution in [1.82, 2.24) is 4.90 Å². The fraction of sp³-hybridized carbons (Fsp3) is 0.412. The summed E-state index contributed by atoms with van der Waals surface area (Å²) in [5.41, 5.74) is 2.15. The maximum Gasteiger partial charge on any atom is 0.195 e. The third-order valence-electron chi connectivity index (χ3n) is 4.26. The largest absolute Gasteiger partial charge is 0.451 e. The standard InChI is InChI=1S/C17H20N2O3.ClH/c1-11-4-5-13(19-8-6-18(3)7-9-19)17-16(11)14(21)10-15(22-17)12(2)20;/h4-5,10H,6-9H2,1-3H3;1H. The molecule has 0 amide bonds. The molecule has 1 aliphatic heterocycles. The van der Waals surface area contributed by atoms with Gasteiger partial charge in [0.25, 0.3) is 0 Å². The van der Waals surface area contributed by atoms with Crippen molar-refractivity contribution >= 4 is 34.8 Å². The lowest BCUT2D eigenvalue weighted by molar-refractivity contribution is 0.0988. The van der Waals surface area contributed by atoms with E-state index in [1.54, 1.807) is 0 Å². The number of likely N-dealkylation sites (N-methyl/N-ethyl adjacent to an activating group) is 1. The summed E-state index contributed by atoms with van der Waals surface area (Å²) in [4.78, 5) is 28.5. The Morgan fingerprint density at radius 1 is 1.17 bits per heavy atom. The molecule has 0 atom stereocenters. The molecule has 2 heterocycles. The van der Waals surface area contributed by atoms with Crippen molar-refractivity contribution in [3.05, 3.63) is 39.7 Å². The van der Waals surface area contributed by atoms with Gasteiger partial charge in [-0.15, -0.1) is 12.4 Å². The van der Waals surface area contributed by atoms with Crippen LogP contribution in [0.1, 0.15) is 23.0 Å². The summed E-state index contributed by atoms with van der Waals surface area (Å²) in [6.07, 6.45) is 0. The van der Waals surface area contributed by atoms with Crippen LogP contribution in [0.3, 0.4) is 0 Å². The van der Waals surface area contributed by atoms with Gasteiger partial charge in [-0.1, -0.05) is 6.07 Å². The molecule has 0 unspecified atom stereocenters. The van der Waals surface area contributed by atoms with Gasteiger partial charge in [-0.3, -0.25) is 9.59 Å². The van der Waals surface area contributed by atoms with Gasteiger partial charge < -0.3 is 14.2 Å². The second-order valence-corrected chi connectivity index (χ2v) is 5.93. The van der Waals surface area contributed by atoms with E-state index < -0.39 is 0 Å². The maximum absolute atomic E-state index is 12.4. The Labute approximate surface area is 141 Å². The molecule has 0 spiro atoms. The second-order valence-electron chi connectivity index (χ2n) is 5.93. The summed E-state index contributed by atoms with van der Waals surface area (Å²) in [6.45, 7) is 6.99. The lowest BCUT2D eigenvalue weighted by Gasteiger charge is -2.34. The Balaban J connectivity index is 0.00000192. The van der Waals surface area contributed by atoms with E-state index in [0.717, 1.165) is 37.4 Å². The molecule has 124 valence electrons. The molecule has 3 rings (SSSR count). The number of halogens is 1. The van der Waals surface area contributed by atoms with Crippen LogP contribution in [0.4, 0.5) is 5.69 Å². The molecule has 0 N–H and O–H groups in total. The fourth-order valence-corrected chi connectivity index (χ4v) is 2.88. The van der Waals surface area contributed by atoms with E-state index in [1.807, 2.05) is 19.1 Å². The summed E-state index contributed by atoms with van der Waals surface area (Å²) >= 11 is 0. The van der Waals surface area contributed by atoms with Gasteiger partial charge in [0.15, 0.2) is 22.6 Å². The van der Waals surface area contributed by atoms with E-state index in [-0.39, 0.29) is 29.4 Å². The summed E-state index contributed by atoms with van der Waals surface area (Å²) in [5.74, 6) is -0.108. The first-order valence-corrected chi connectivity index (χ1v) is 7.49. The van der Waals surface area contributed by atoms with E-state index in [1.165, 1.54) is 13.0 Å². The predicted molar refractivity (Wildman–Crippen MR) is 94.2 cm³/mol.